The van der Waals surface area contributed by atoms with Crippen LogP contribution in [0.15, 0.2) is 24.3 Å². The predicted molar refractivity (Wildman–Crippen MR) is 113 cm³/mol. The Labute approximate surface area is 179 Å². The van der Waals surface area contributed by atoms with Gasteiger partial charge in [0, 0.05) is 25.3 Å². The van der Waals surface area contributed by atoms with Crippen molar-refractivity contribution >= 4 is 23.2 Å². The highest BCUT2D eigenvalue weighted by Crippen LogP contribution is 2.29. The molecule has 3 N–H and O–H groups in total. The van der Waals surface area contributed by atoms with Gasteiger partial charge in [-0.25, -0.2) is 9.97 Å². The van der Waals surface area contributed by atoms with Gasteiger partial charge in [0.15, 0.2) is 0 Å². The number of hydrogen-bond donors (Lipinski definition) is 3. The fourth-order valence-electron chi connectivity index (χ4n) is 3.83. The summed E-state index contributed by atoms with van der Waals surface area (Å²) in [6, 6.07) is 7.00. The molecular formula is C21H24ClN5O3. The number of β-amino-alcohol motifs (C(OH)–C–C–N with tert-alkyl or cyclic N) is 1. The molecule has 158 valence electrons. The summed E-state index contributed by atoms with van der Waals surface area (Å²) < 4.78 is 5.93. The van der Waals surface area contributed by atoms with Crippen LogP contribution in [0, 0.1) is 19.3 Å². The fraction of sp³-hybridized carbons (Fsp3) is 0.429. The van der Waals surface area contributed by atoms with Gasteiger partial charge in [0.2, 0.25) is 0 Å². The van der Waals surface area contributed by atoms with Crippen molar-refractivity contribution in [2.45, 2.75) is 32.0 Å². The average Bonchev–Trinajstić information content (AvgIpc) is 3.31. The van der Waals surface area contributed by atoms with E-state index < -0.39 is 12.2 Å². The van der Waals surface area contributed by atoms with Crippen LogP contribution >= 0.6 is 11.6 Å². The van der Waals surface area contributed by atoms with Crippen LogP contribution in [0.3, 0.4) is 0 Å². The minimum absolute atomic E-state index is 0.204. The van der Waals surface area contributed by atoms with E-state index >= 15 is 0 Å². The zero-order chi connectivity index (χ0) is 21.4. The van der Waals surface area contributed by atoms with Crippen molar-refractivity contribution in [3.63, 3.8) is 0 Å². The number of halogens is 1. The van der Waals surface area contributed by atoms with Gasteiger partial charge in [0.1, 0.15) is 23.8 Å². The number of likely N-dealkylation sites (tertiary alicyclic amines) is 1. The molecule has 2 aromatic rings. The fourth-order valence-corrected chi connectivity index (χ4v) is 3.91. The normalized spacial score (nSPS) is 23.8. The molecule has 3 heterocycles. The maximum absolute atomic E-state index is 13.2. The number of rotatable bonds is 4. The predicted octanol–water partition coefficient (Wildman–Crippen LogP) is 1.72. The number of carbonyl (C=O) groups is 1. The second kappa shape index (κ2) is 8.29. The van der Waals surface area contributed by atoms with Crippen molar-refractivity contribution in [2.75, 3.05) is 26.2 Å². The molecule has 4 rings (SSSR count). The highest BCUT2D eigenvalue weighted by atomic mass is 35.5. The van der Waals surface area contributed by atoms with E-state index in [0.29, 0.717) is 58.9 Å². The van der Waals surface area contributed by atoms with Gasteiger partial charge >= 0.3 is 0 Å². The topological polar surface area (TPSA) is 111 Å². The monoisotopic (exact) mass is 429 g/mol. The number of amides is 1. The maximum Gasteiger partial charge on any atom is 0.257 e. The summed E-state index contributed by atoms with van der Waals surface area (Å²) in [5, 5.41) is 22.0. The number of para-hydroxylation sites is 1. The van der Waals surface area contributed by atoms with Crippen LogP contribution in [-0.4, -0.2) is 70.0 Å². The minimum Gasteiger partial charge on any atom is -0.486 e. The molecule has 1 amide bonds. The van der Waals surface area contributed by atoms with Crippen LogP contribution in [0.1, 0.15) is 33.5 Å². The SMILES string of the molecule is Cc1nc(C2CN(C(=O)c3ccccc3OC3CNCC3O)CC2=N)nc(C)c1Cl. The number of hydrogen-bond acceptors (Lipinski definition) is 7. The van der Waals surface area contributed by atoms with Crippen molar-refractivity contribution in [3.8, 4) is 5.75 Å². The zero-order valence-electron chi connectivity index (χ0n) is 16.9. The second-order valence-electron chi connectivity index (χ2n) is 7.71. The summed E-state index contributed by atoms with van der Waals surface area (Å²) in [6.07, 6.45) is -1.02. The Morgan fingerprint density at radius 2 is 1.97 bits per heavy atom. The Kier molecular flexibility index (Phi) is 5.73. The summed E-state index contributed by atoms with van der Waals surface area (Å²) in [4.78, 5) is 23.7. The first-order valence-electron chi connectivity index (χ1n) is 9.87. The molecule has 3 unspecified atom stereocenters. The molecule has 0 radical (unpaired) electrons. The number of nitrogens with one attached hydrogen (secondary N) is 2. The van der Waals surface area contributed by atoms with Crippen molar-refractivity contribution in [1.29, 1.82) is 5.41 Å². The summed E-state index contributed by atoms with van der Waals surface area (Å²) >= 11 is 6.17. The lowest BCUT2D eigenvalue weighted by molar-refractivity contribution is 0.0686. The molecule has 30 heavy (non-hydrogen) atoms. The molecule has 0 spiro atoms. The third-order valence-corrected chi connectivity index (χ3v) is 6.05. The Balaban J connectivity index is 1.55. The van der Waals surface area contributed by atoms with Gasteiger partial charge in [-0.15, -0.1) is 0 Å². The number of nitrogens with zero attached hydrogens (tertiary/aromatic N) is 3. The first-order valence-corrected chi connectivity index (χ1v) is 10.2. The third-order valence-electron chi connectivity index (χ3n) is 5.51. The van der Waals surface area contributed by atoms with E-state index in [1.54, 1.807) is 29.2 Å². The lowest BCUT2D eigenvalue weighted by Crippen LogP contribution is -2.32. The Morgan fingerprint density at radius 1 is 1.27 bits per heavy atom. The van der Waals surface area contributed by atoms with Crippen LogP contribution in [0.5, 0.6) is 5.75 Å². The van der Waals surface area contributed by atoms with E-state index in [1.807, 2.05) is 13.8 Å². The summed E-state index contributed by atoms with van der Waals surface area (Å²) in [5.41, 5.74) is 2.13. The molecule has 2 aliphatic rings. The second-order valence-corrected chi connectivity index (χ2v) is 8.09. The standard InChI is InChI=1S/C21H24ClN5O3/c1-11-19(22)12(2)26-20(25-11)14-9-27(10-15(14)23)21(29)13-5-3-4-6-17(13)30-18-8-24-7-16(18)28/h3-6,14,16,18,23-24,28H,7-10H2,1-2H3. The smallest absolute Gasteiger partial charge is 0.257 e. The van der Waals surface area contributed by atoms with Gasteiger partial charge in [0.05, 0.1) is 34.4 Å². The molecule has 0 saturated carbocycles. The molecule has 2 aliphatic heterocycles. The summed E-state index contributed by atoms with van der Waals surface area (Å²) in [5.74, 6) is 0.359. The quantitative estimate of drug-likeness (QED) is 0.682. The number of aliphatic hydroxyl groups is 1. The molecule has 3 atom stereocenters. The lowest BCUT2D eigenvalue weighted by atomic mass is 10.1. The van der Waals surface area contributed by atoms with Crippen LogP contribution in [0.4, 0.5) is 0 Å². The number of aromatic nitrogens is 2. The van der Waals surface area contributed by atoms with Crippen LogP contribution in [0.2, 0.25) is 5.02 Å². The molecule has 0 aliphatic carbocycles. The Bertz CT molecular complexity index is 975. The lowest BCUT2D eigenvalue weighted by Gasteiger charge is -2.21. The number of benzene rings is 1. The molecular weight excluding hydrogens is 406 g/mol. The molecule has 2 saturated heterocycles. The van der Waals surface area contributed by atoms with E-state index in [1.165, 1.54) is 0 Å². The highest BCUT2D eigenvalue weighted by molar-refractivity contribution is 6.31. The largest absolute Gasteiger partial charge is 0.486 e. The molecule has 8 nitrogen and oxygen atoms in total. The molecule has 0 bridgehead atoms. The molecule has 9 heteroatoms. The Morgan fingerprint density at radius 3 is 2.63 bits per heavy atom. The zero-order valence-corrected chi connectivity index (χ0v) is 17.6. The van der Waals surface area contributed by atoms with Crippen molar-refractivity contribution in [1.82, 2.24) is 20.2 Å². The number of aliphatic hydroxyl groups excluding tert-OH is 1. The average molecular weight is 430 g/mol. The van der Waals surface area contributed by atoms with E-state index in [9.17, 15) is 9.90 Å². The van der Waals surface area contributed by atoms with Gasteiger partial charge in [-0.05, 0) is 26.0 Å². The Hall–Kier alpha value is -2.55. The maximum atomic E-state index is 13.2. The molecule has 1 aromatic heterocycles. The number of carbonyl (C=O) groups excluding carboxylic acids is 1. The third kappa shape index (κ3) is 3.90. The van der Waals surface area contributed by atoms with Gasteiger partial charge < -0.3 is 25.5 Å². The van der Waals surface area contributed by atoms with E-state index in [0.717, 1.165) is 0 Å². The molecule has 1 aromatic carbocycles. The van der Waals surface area contributed by atoms with E-state index in [4.69, 9.17) is 21.7 Å². The highest BCUT2D eigenvalue weighted by Gasteiger charge is 2.36. The van der Waals surface area contributed by atoms with Crippen molar-refractivity contribution in [2.24, 2.45) is 0 Å². The van der Waals surface area contributed by atoms with Gasteiger partial charge in [-0.1, -0.05) is 23.7 Å². The van der Waals surface area contributed by atoms with Gasteiger partial charge in [0.25, 0.3) is 5.91 Å². The number of aryl methyl sites for hydroxylation is 2. The van der Waals surface area contributed by atoms with Crippen LogP contribution in [0.25, 0.3) is 0 Å². The van der Waals surface area contributed by atoms with Crippen molar-refractivity contribution in [3.05, 3.63) is 52.1 Å². The van der Waals surface area contributed by atoms with Crippen molar-refractivity contribution < 1.29 is 14.6 Å². The summed E-state index contributed by atoms with van der Waals surface area (Å²) in [6.45, 7) is 5.12. The van der Waals surface area contributed by atoms with Gasteiger partial charge in [-0.2, -0.15) is 0 Å². The van der Waals surface area contributed by atoms with Crippen LogP contribution in [-0.2, 0) is 0 Å². The first-order chi connectivity index (χ1) is 14.3. The number of ether oxygens (including phenoxy) is 1. The van der Waals surface area contributed by atoms with E-state index in [2.05, 4.69) is 15.3 Å². The first kappa shape index (κ1) is 20.7. The van der Waals surface area contributed by atoms with Crippen LogP contribution < -0.4 is 10.1 Å². The molecule has 2 fully saturated rings. The van der Waals surface area contributed by atoms with E-state index in [-0.39, 0.29) is 18.4 Å². The van der Waals surface area contributed by atoms with Gasteiger partial charge in [-0.3, -0.25) is 4.79 Å². The minimum atomic E-state index is -0.619. The summed E-state index contributed by atoms with van der Waals surface area (Å²) in [7, 11) is 0.